The fraction of sp³-hybridized carbons (Fsp3) is 0.100. The van der Waals surface area contributed by atoms with Gasteiger partial charge in [-0.3, -0.25) is 10.1 Å². The Kier molecular flexibility index (Phi) is 3.20. The highest BCUT2D eigenvalue weighted by Crippen LogP contribution is 2.20. The van der Waals surface area contributed by atoms with Crippen LogP contribution in [0.25, 0.3) is 0 Å². The van der Waals surface area contributed by atoms with E-state index in [0.717, 1.165) is 0 Å². The molecule has 2 N–H and O–H groups in total. The van der Waals surface area contributed by atoms with Crippen LogP contribution in [0.4, 0.5) is 10.8 Å². The number of nitro benzene ring substituents is 1. The third kappa shape index (κ3) is 2.91. The molecule has 7 heteroatoms. The number of nitrogens with zero attached hydrogens (tertiary/aromatic N) is 2. The van der Waals surface area contributed by atoms with Crippen LogP contribution in [0.3, 0.4) is 0 Å². The minimum absolute atomic E-state index is 0.000270. The van der Waals surface area contributed by atoms with Crippen LogP contribution in [0.2, 0.25) is 0 Å². The molecule has 88 valence electrons. The largest absolute Gasteiger partial charge is 0.487 e. The molecule has 0 amide bonds. The predicted octanol–water partition coefficient (Wildman–Crippen LogP) is 2.21. The van der Waals surface area contributed by atoms with E-state index < -0.39 is 4.92 Å². The third-order valence-corrected chi connectivity index (χ3v) is 2.71. The Balaban J connectivity index is 2.04. The lowest BCUT2D eigenvalue weighted by molar-refractivity contribution is -0.384. The molecule has 0 radical (unpaired) electrons. The van der Waals surface area contributed by atoms with E-state index in [4.69, 9.17) is 10.5 Å². The normalized spacial score (nSPS) is 10.1. The number of nitrogens with two attached hydrogens (primary N) is 1. The lowest BCUT2D eigenvalue weighted by atomic mass is 10.3. The molecular weight excluding hydrogens is 242 g/mol. The van der Waals surface area contributed by atoms with Crippen molar-refractivity contribution in [2.45, 2.75) is 6.61 Å². The summed E-state index contributed by atoms with van der Waals surface area (Å²) in [5, 5.41) is 12.8. The summed E-state index contributed by atoms with van der Waals surface area (Å²) in [7, 11) is 0. The van der Waals surface area contributed by atoms with Gasteiger partial charge in [0.15, 0.2) is 5.13 Å². The van der Waals surface area contributed by atoms with E-state index >= 15 is 0 Å². The second-order valence-corrected chi connectivity index (χ2v) is 4.11. The second-order valence-electron chi connectivity index (χ2n) is 3.22. The maximum absolute atomic E-state index is 10.6. The van der Waals surface area contributed by atoms with E-state index in [1.165, 1.54) is 23.5 Å². The van der Waals surface area contributed by atoms with Crippen molar-refractivity contribution in [3.05, 3.63) is 45.5 Å². The first-order valence-electron chi connectivity index (χ1n) is 4.72. The van der Waals surface area contributed by atoms with E-state index in [9.17, 15) is 10.1 Å². The van der Waals surface area contributed by atoms with Crippen molar-refractivity contribution in [3.63, 3.8) is 0 Å². The molecule has 6 nitrogen and oxygen atoms in total. The van der Waals surface area contributed by atoms with Gasteiger partial charge in [0.25, 0.3) is 5.69 Å². The Hall–Kier alpha value is -2.15. The first-order valence-corrected chi connectivity index (χ1v) is 5.60. The number of nitrogen functional groups attached to an aromatic ring is 1. The van der Waals surface area contributed by atoms with Crippen LogP contribution in [-0.2, 0) is 6.61 Å². The number of aromatic nitrogens is 1. The maximum Gasteiger partial charge on any atom is 0.273 e. The summed E-state index contributed by atoms with van der Waals surface area (Å²) in [6.07, 6.45) is 0. The molecule has 0 aliphatic carbocycles. The van der Waals surface area contributed by atoms with Gasteiger partial charge in [-0.1, -0.05) is 6.07 Å². The van der Waals surface area contributed by atoms with Crippen molar-refractivity contribution in [3.8, 4) is 5.75 Å². The minimum Gasteiger partial charge on any atom is -0.487 e. The molecule has 1 heterocycles. The number of hydrogen-bond donors (Lipinski definition) is 1. The van der Waals surface area contributed by atoms with E-state index in [1.54, 1.807) is 17.5 Å². The first kappa shape index (κ1) is 11.3. The lowest BCUT2D eigenvalue weighted by Gasteiger charge is -2.03. The van der Waals surface area contributed by atoms with Crippen molar-refractivity contribution in [1.29, 1.82) is 0 Å². The van der Waals surface area contributed by atoms with Crippen LogP contribution in [0, 0.1) is 10.1 Å². The van der Waals surface area contributed by atoms with Crippen LogP contribution >= 0.6 is 11.3 Å². The summed E-state index contributed by atoms with van der Waals surface area (Å²) in [6.45, 7) is 0.245. The number of hydrogen-bond acceptors (Lipinski definition) is 6. The zero-order valence-corrected chi connectivity index (χ0v) is 9.52. The number of nitro groups is 1. The van der Waals surface area contributed by atoms with Crippen molar-refractivity contribution in [1.82, 2.24) is 4.98 Å². The summed E-state index contributed by atoms with van der Waals surface area (Å²) in [5.41, 5.74) is 6.18. The average molecular weight is 251 g/mol. The molecular formula is C10H9N3O3S. The smallest absolute Gasteiger partial charge is 0.273 e. The molecule has 0 aliphatic rings. The highest BCUT2D eigenvalue weighted by atomic mass is 32.1. The van der Waals surface area contributed by atoms with Crippen LogP contribution < -0.4 is 10.5 Å². The quantitative estimate of drug-likeness (QED) is 0.664. The van der Waals surface area contributed by atoms with E-state index in [1.807, 2.05) is 0 Å². The number of thiazole rings is 1. The fourth-order valence-corrected chi connectivity index (χ4v) is 1.78. The van der Waals surface area contributed by atoms with Gasteiger partial charge >= 0.3 is 0 Å². The topological polar surface area (TPSA) is 91.3 Å². The van der Waals surface area contributed by atoms with Crippen molar-refractivity contribution in [2.75, 3.05) is 5.73 Å². The molecule has 2 rings (SSSR count). The van der Waals surface area contributed by atoms with Gasteiger partial charge in [-0.25, -0.2) is 4.98 Å². The summed E-state index contributed by atoms with van der Waals surface area (Å²) in [4.78, 5) is 14.1. The van der Waals surface area contributed by atoms with Crippen molar-refractivity contribution in [2.24, 2.45) is 0 Å². The SMILES string of the molecule is Nc1nc(COc2cccc([N+](=O)[O-])c2)cs1. The van der Waals surface area contributed by atoms with Crippen LogP contribution in [0.15, 0.2) is 29.6 Å². The summed E-state index contributed by atoms with van der Waals surface area (Å²) in [5.74, 6) is 0.436. The minimum atomic E-state index is -0.465. The molecule has 1 aromatic heterocycles. The van der Waals surface area contributed by atoms with Crippen molar-refractivity contribution >= 4 is 22.2 Å². The summed E-state index contributed by atoms with van der Waals surface area (Å²) >= 11 is 1.33. The number of anilines is 1. The monoisotopic (exact) mass is 251 g/mol. The van der Waals surface area contributed by atoms with Gasteiger partial charge in [0.05, 0.1) is 16.7 Å². The Morgan fingerprint density at radius 1 is 1.53 bits per heavy atom. The summed E-state index contributed by atoms with van der Waals surface area (Å²) in [6, 6.07) is 6.01. The third-order valence-electron chi connectivity index (χ3n) is 1.98. The molecule has 0 atom stereocenters. The highest BCUT2D eigenvalue weighted by molar-refractivity contribution is 7.13. The van der Waals surface area contributed by atoms with Crippen LogP contribution in [0.1, 0.15) is 5.69 Å². The Labute approximate surface area is 101 Å². The summed E-state index contributed by atoms with van der Waals surface area (Å²) < 4.78 is 5.38. The molecule has 0 fully saturated rings. The Morgan fingerprint density at radius 2 is 2.35 bits per heavy atom. The molecule has 0 saturated heterocycles. The molecule has 0 aliphatic heterocycles. The highest BCUT2D eigenvalue weighted by Gasteiger charge is 2.07. The Morgan fingerprint density at radius 3 is 3.00 bits per heavy atom. The Bertz CT molecular complexity index is 541. The molecule has 0 spiro atoms. The molecule has 0 bridgehead atoms. The maximum atomic E-state index is 10.6. The van der Waals surface area contributed by atoms with Gasteiger partial charge in [0, 0.05) is 11.4 Å². The molecule has 17 heavy (non-hydrogen) atoms. The van der Waals surface area contributed by atoms with Gasteiger partial charge in [-0.15, -0.1) is 11.3 Å². The second kappa shape index (κ2) is 4.79. The van der Waals surface area contributed by atoms with Gasteiger partial charge in [0.1, 0.15) is 12.4 Å². The van der Waals surface area contributed by atoms with Gasteiger partial charge in [-0.05, 0) is 6.07 Å². The number of benzene rings is 1. The lowest BCUT2D eigenvalue weighted by Crippen LogP contribution is -1.97. The van der Waals surface area contributed by atoms with E-state index in [2.05, 4.69) is 4.98 Å². The standard InChI is InChI=1S/C10H9N3O3S/c11-10-12-7(6-17-10)5-16-9-3-1-2-8(4-9)13(14)15/h1-4,6H,5H2,(H2,11,12). The fourth-order valence-electron chi connectivity index (χ4n) is 1.23. The zero-order chi connectivity index (χ0) is 12.3. The molecule has 0 unspecified atom stereocenters. The van der Waals surface area contributed by atoms with Crippen LogP contribution in [-0.4, -0.2) is 9.91 Å². The predicted molar refractivity (Wildman–Crippen MR) is 64.0 cm³/mol. The molecule has 2 aromatic rings. The van der Waals surface area contributed by atoms with Crippen molar-refractivity contribution < 1.29 is 9.66 Å². The van der Waals surface area contributed by atoms with Gasteiger partial charge < -0.3 is 10.5 Å². The molecule has 0 saturated carbocycles. The van der Waals surface area contributed by atoms with E-state index in [0.29, 0.717) is 16.6 Å². The van der Waals surface area contributed by atoms with Crippen LogP contribution in [0.5, 0.6) is 5.75 Å². The first-order chi connectivity index (χ1) is 8.15. The van der Waals surface area contributed by atoms with Gasteiger partial charge in [-0.2, -0.15) is 0 Å². The molecule has 1 aromatic carbocycles. The number of non-ortho nitro benzene ring substituents is 1. The van der Waals surface area contributed by atoms with Gasteiger partial charge in [0.2, 0.25) is 0 Å². The zero-order valence-electron chi connectivity index (χ0n) is 8.70. The van der Waals surface area contributed by atoms with E-state index in [-0.39, 0.29) is 12.3 Å². The number of rotatable bonds is 4. The number of ether oxygens (including phenoxy) is 1. The average Bonchev–Trinajstić information content (AvgIpc) is 2.73.